The number of likely N-dealkylation sites (tertiary alicyclic amines) is 1. The Bertz CT molecular complexity index is 862. The summed E-state index contributed by atoms with van der Waals surface area (Å²) < 4.78 is 32.9. The van der Waals surface area contributed by atoms with Crippen molar-refractivity contribution in [2.45, 2.75) is 18.3 Å². The lowest BCUT2D eigenvalue weighted by molar-refractivity contribution is -0.145. The van der Waals surface area contributed by atoms with Gasteiger partial charge in [0.15, 0.2) is 11.6 Å². The number of carboxylic acid groups (broad SMARTS) is 1. The lowest BCUT2D eigenvalue weighted by Crippen LogP contribution is -2.49. The van der Waals surface area contributed by atoms with E-state index in [1.807, 2.05) is 0 Å². The van der Waals surface area contributed by atoms with Crippen LogP contribution in [0.4, 0.5) is 8.78 Å². The van der Waals surface area contributed by atoms with Crippen LogP contribution in [0.5, 0.6) is 5.75 Å². The van der Waals surface area contributed by atoms with Gasteiger partial charge in [-0.1, -0.05) is 30.3 Å². The smallest absolute Gasteiger partial charge is 0.314 e. The number of piperidine rings is 1. The fraction of sp³-hybridized carbons (Fsp3) is 0.300. The summed E-state index contributed by atoms with van der Waals surface area (Å²) in [6.07, 6.45) is 0.356. The van der Waals surface area contributed by atoms with Crippen LogP contribution in [0.15, 0.2) is 42.5 Å². The number of amides is 1. The van der Waals surface area contributed by atoms with E-state index in [0.717, 1.165) is 19.2 Å². The van der Waals surface area contributed by atoms with Crippen LogP contribution in [0, 0.1) is 11.6 Å². The Kier molecular flexibility index (Phi) is 5.12. The van der Waals surface area contributed by atoms with Crippen molar-refractivity contribution in [2.75, 3.05) is 20.2 Å². The first kappa shape index (κ1) is 18.8. The van der Waals surface area contributed by atoms with Crippen molar-refractivity contribution < 1.29 is 28.2 Å². The number of halogens is 2. The van der Waals surface area contributed by atoms with Crippen molar-refractivity contribution in [1.29, 1.82) is 0 Å². The van der Waals surface area contributed by atoms with E-state index in [9.17, 15) is 23.5 Å². The highest BCUT2D eigenvalue weighted by Crippen LogP contribution is 2.37. The molecule has 0 unspecified atom stereocenters. The number of benzene rings is 2. The second-order valence-corrected chi connectivity index (χ2v) is 6.48. The number of hydrogen-bond donors (Lipinski definition) is 1. The van der Waals surface area contributed by atoms with Crippen molar-refractivity contribution in [3.8, 4) is 5.75 Å². The van der Waals surface area contributed by atoms with Crippen LogP contribution in [0.2, 0.25) is 0 Å². The first-order valence-electron chi connectivity index (χ1n) is 8.51. The normalized spacial score (nSPS) is 16.0. The molecule has 0 aliphatic carbocycles. The van der Waals surface area contributed by atoms with Gasteiger partial charge in [-0.15, -0.1) is 0 Å². The minimum Gasteiger partial charge on any atom is -0.493 e. The van der Waals surface area contributed by atoms with Gasteiger partial charge in [-0.05, 0) is 30.5 Å². The summed E-state index contributed by atoms with van der Waals surface area (Å²) >= 11 is 0. The molecule has 3 rings (SSSR count). The molecule has 7 heteroatoms. The molecular weight excluding hydrogens is 356 g/mol. The van der Waals surface area contributed by atoms with Gasteiger partial charge in [0.2, 0.25) is 0 Å². The number of aliphatic carboxylic acids is 1. The molecule has 0 spiro atoms. The van der Waals surface area contributed by atoms with Gasteiger partial charge in [0.05, 0.1) is 12.5 Å². The lowest BCUT2D eigenvalue weighted by atomic mass is 9.72. The van der Waals surface area contributed by atoms with Gasteiger partial charge >= 0.3 is 5.97 Å². The van der Waals surface area contributed by atoms with Crippen LogP contribution < -0.4 is 4.74 Å². The summed E-state index contributed by atoms with van der Waals surface area (Å²) in [5, 5.41) is 9.81. The van der Waals surface area contributed by atoms with E-state index < -0.39 is 40.2 Å². The van der Waals surface area contributed by atoms with Crippen molar-refractivity contribution >= 4 is 11.9 Å². The van der Waals surface area contributed by atoms with Gasteiger partial charge in [-0.2, -0.15) is 0 Å². The van der Waals surface area contributed by atoms with Gasteiger partial charge in [0.1, 0.15) is 11.4 Å². The van der Waals surface area contributed by atoms with E-state index in [-0.39, 0.29) is 25.9 Å². The molecule has 1 fully saturated rings. The van der Waals surface area contributed by atoms with Gasteiger partial charge in [0, 0.05) is 13.1 Å². The molecule has 1 heterocycles. The summed E-state index contributed by atoms with van der Waals surface area (Å²) in [6.45, 7) is 0.221. The fourth-order valence-electron chi connectivity index (χ4n) is 3.56. The number of carbonyl (C=O) groups is 2. The molecule has 1 N–H and O–H groups in total. The third-order valence-corrected chi connectivity index (χ3v) is 5.12. The topological polar surface area (TPSA) is 66.8 Å². The Hall–Kier alpha value is -2.96. The number of rotatable bonds is 4. The Balaban J connectivity index is 1.87. The molecule has 2 aromatic rings. The monoisotopic (exact) mass is 375 g/mol. The van der Waals surface area contributed by atoms with Crippen LogP contribution in [0.3, 0.4) is 0 Å². The predicted molar refractivity (Wildman–Crippen MR) is 93.8 cm³/mol. The summed E-state index contributed by atoms with van der Waals surface area (Å²) in [7, 11) is 1.16. The molecule has 1 saturated heterocycles. The predicted octanol–water partition coefficient (Wildman–Crippen LogP) is 3.23. The Morgan fingerprint density at radius 3 is 2.19 bits per heavy atom. The highest BCUT2D eigenvalue weighted by molar-refractivity contribution is 5.97. The van der Waals surface area contributed by atoms with Gasteiger partial charge < -0.3 is 14.7 Å². The maximum atomic E-state index is 14.2. The third-order valence-electron chi connectivity index (χ3n) is 5.12. The zero-order valence-corrected chi connectivity index (χ0v) is 14.7. The van der Waals surface area contributed by atoms with E-state index in [2.05, 4.69) is 0 Å². The van der Waals surface area contributed by atoms with E-state index >= 15 is 0 Å². The fourth-order valence-corrected chi connectivity index (χ4v) is 3.56. The van der Waals surface area contributed by atoms with Crippen molar-refractivity contribution in [3.63, 3.8) is 0 Å². The summed E-state index contributed by atoms with van der Waals surface area (Å²) in [4.78, 5) is 26.1. The van der Waals surface area contributed by atoms with Crippen molar-refractivity contribution in [1.82, 2.24) is 4.90 Å². The first-order valence-corrected chi connectivity index (χ1v) is 8.51. The zero-order chi connectivity index (χ0) is 19.6. The Labute approximate surface area is 155 Å². The number of nitrogens with zero attached hydrogens (tertiary/aromatic N) is 1. The average molecular weight is 375 g/mol. The summed E-state index contributed by atoms with van der Waals surface area (Å²) in [5.41, 5.74) is -0.915. The van der Waals surface area contributed by atoms with Gasteiger partial charge in [0.25, 0.3) is 5.91 Å². The molecule has 27 heavy (non-hydrogen) atoms. The maximum absolute atomic E-state index is 14.2. The van der Waals surface area contributed by atoms with Crippen molar-refractivity contribution in [2.24, 2.45) is 0 Å². The quantitative estimate of drug-likeness (QED) is 0.891. The molecule has 1 aliphatic rings. The zero-order valence-electron chi connectivity index (χ0n) is 14.7. The molecule has 1 amide bonds. The third kappa shape index (κ3) is 3.25. The minimum absolute atomic E-state index is 0.110. The average Bonchev–Trinajstić information content (AvgIpc) is 2.69. The van der Waals surface area contributed by atoms with E-state index in [1.165, 1.54) is 4.90 Å². The second kappa shape index (κ2) is 7.34. The summed E-state index contributed by atoms with van der Waals surface area (Å²) in [5.74, 6) is -3.83. The number of methoxy groups -OCH3 is 1. The van der Waals surface area contributed by atoms with Gasteiger partial charge in [-0.25, -0.2) is 8.78 Å². The second-order valence-electron chi connectivity index (χ2n) is 6.48. The number of hydrogen-bond acceptors (Lipinski definition) is 3. The first-order chi connectivity index (χ1) is 12.9. The molecule has 0 saturated carbocycles. The maximum Gasteiger partial charge on any atom is 0.314 e. The molecule has 2 aromatic carbocycles. The Morgan fingerprint density at radius 1 is 1.04 bits per heavy atom. The molecule has 0 bridgehead atoms. The minimum atomic E-state index is -1.11. The van der Waals surface area contributed by atoms with Gasteiger partial charge in [-0.3, -0.25) is 9.59 Å². The molecule has 5 nitrogen and oxygen atoms in total. The van der Waals surface area contributed by atoms with Crippen LogP contribution in [-0.2, 0) is 10.2 Å². The van der Waals surface area contributed by atoms with E-state index in [1.54, 1.807) is 30.3 Å². The van der Waals surface area contributed by atoms with Crippen molar-refractivity contribution in [3.05, 3.63) is 65.2 Å². The highest BCUT2D eigenvalue weighted by Gasteiger charge is 2.44. The molecular formula is C20H19F2NO4. The Morgan fingerprint density at radius 2 is 1.63 bits per heavy atom. The molecule has 0 atom stereocenters. The van der Waals surface area contributed by atoms with Crippen LogP contribution in [0.25, 0.3) is 0 Å². The lowest BCUT2D eigenvalue weighted by Gasteiger charge is -2.39. The SMILES string of the molecule is COc1c(F)ccc(F)c1C(=O)N1CCC(C(=O)O)(c2ccccc2)CC1. The largest absolute Gasteiger partial charge is 0.493 e. The number of carboxylic acids is 1. The molecule has 1 aliphatic heterocycles. The molecule has 0 radical (unpaired) electrons. The van der Waals surface area contributed by atoms with Crippen LogP contribution in [0.1, 0.15) is 28.8 Å². The summed E-state index contributed by atoms with van der Waals surface area (Å²) in [6, 6.07) is 10.6. The molecule has 142 valence electrons. The van der Waals surface area contributed by atoms with Crippen LogP contribution in [-0.4, -0.2) is 42.1 Å². The van der Waals surface area contributed by atoms with E-state index in [4.69, 9.17) is 4.74 Å². The van der Waals surface area contributed by atoms with E-state index in [0.29, 0.717) is 5.56 Å². The standard InChI is InChI=1S/C20H19F2NO4/c1-27-17-15(22)8-7-14(21)16(17)18(24)23-11-9-20(10-12-23,19(25)26)13-5-3-2-4-6-13/h2-8H,9-12H2,1H3,(H,25,26). The highest BCUT2D eigenvalue weighted by atomic mass is 19.1. The van der Waals surface area contributed by atoms with Crippen LogP contribution >= 0.6 is 0 Å². The number of carbonyl (C=O) groups excluding carboxylic acids is 1. The number of ether oxygens (including phenoxy) is 1. The molecule has 0 aromatic heterocycles.